The highest BCUT2D eigenvalue weighted by atomic mass is 32.2. The van der Waals surface area contributed by atoms with Crippen molar-refractivity contribution in [1.29, 1.82) is 0 Å². The predicted octanol–water partition coefficient (Wildman–Crippen LogP) is 2.95. The van der Waals surface area contributed by atoms with Gasteiger partial charge in [-0.15, -0.1) is 10.2 Å². The zero-order valence-corrected chi connectivity index (χ0v) is 15.5. The number of rotatable bonds is 4. The summed E-state index contributed by atoms with van der Waals surface area (Å²) in [5.74, 6) is 1.20. The third kappa shape index (κ3) is 2.99. The summed E-state index contributed by atoms with van der Waals surface area (Å²) < 4.78 is 1.91. The normalized spacial score (nSPS) is 15.9. The molecular weight excluding hydrogens is 346 g/mol. The highest BCUT2D eigenvalue weighted by Crippen LogP contribution is 2.33. The summed E-state index contributed by atoms with van der Waals surface area (Å²) in [7, 11) is 1.91. The molecule has 0 fully saturated rings. The number of hydrogen-bond acceptors (Lipinski definition) is 5. The summed E-state index contributed by atoms with van der Waals surface area (Å²) in [6.07, 6.45) is 4.36. The molecule has 0 spiro atoms. The molecule has 0 saturated heterocycles. The molecule has 1 aliphatic heterocycles. The Bertz CT molecular complexity index is 940. The van der Waals surface area contributed by atoms with Gasteiger partial charge in [0.25, 0.3) is 0 Å². The van der Waals surface area contributed by atoms with E-state index in [4.69, 9.17) is 0 Å². The van der Waals surface area contributed by atoms with Crippen LogP contribution < -0.4 is 4.90 Å². The smallest absolute Gasteiger partial charge is 0.237 e. The molecule has 0 N–H and O–H groups in total. The number of pyridine rings is 1. The van der Waals surface area contributed by atoms with Crippen LogP contribution in [0.25, 0.3) is 11.4 Å². The van der Waals surface area contributed by atoms with Crippen molar-refractivity contribution in [3.05, 3.63) is 54.4 Å². The highest BCUT2D eigenvalue weighted by Gasteiger charge is 2.30. The molecule has 7 heteroatoms. The third-order valence-corrected chi connectivity index (χ3v) is 5.58. The molecule has 1 aliphatic rings. The minimum absolute atomic E-state index is 0.0981. The number of amides is 1. The standard InChI is InChI=1S/C19H19N5OS/c1-13-11-15-5-3-4-6-16(15)24(13)17(25)12-26-19-22-21-18(23(19)2)14-7-9-20-10-8-14/h3-10,13H,11-12H2,1-2H3/t13-/m1/s1. The molecule has 4 rings (SSSR count). The zero-order chi connectivity index (χ0) is 18.1. The minimum Gasteiger partial charge on any atom is -0.308 e. The maximum Gasteiger partial charge on any atom is 0.237 e. The monoisotopic (exact) mass is 365 g/mol. The predicted molar refractivity (Wildman–Crippen MR) is 102 cm³/mol. The summed E-state index contributed by atoms with van der Waals surface area (Å²) in [4.78, 5) is 18.7. The first kappa shape index (κ1) is 16.8. The molecule has 0 saturated carbocycles. The fraction of sp³-hybridized carbons (Fsp3) is 0.263. The van der Waals surface area contributed by atoms with E-state index in [-0.39, 0.29) is 11.9 Å². The Balaban J connectivity index is 1.48. The summed E-state index contributed by atoms with van der Waals surface area (Å²) >= 11 is 1.42. The van der Waals surface area contributed by atoms with Crippen molar-refractivity contribution in [2.45, 2.75) is 24.5 Å². The Morgan fingerprint density at radius 3 is 2.77 bits per heavy atom. The lowest BCUT2D eigenvalue weighted by molar-refractivity contribution is -0.116. The van der Waals surface area contributed by atoms with Gasteiger partial charge in [0.15, 0.2) is 11.0 Å². The van der Waals surface area contributed by atoms with E-state index in [1.54, 1.807) is 12.4 Å². The molecular formula is C19H19N5OS. The average molecular weight is 365 g/mol. The van der Waals surface area contributed by atoms with Crippen LogP contribution in [0.4, 0.5) is 5.69 Å². The number of hydrogen-bond donors (Lipinski definition) is 0. The fourth-order valence-electron chi connectivity index (χ4n) is 3.33. The Kier molecular flexibility index (Phi) is 4.46. The summed E-state index contributed by atoms with van der Waals surface area (Å²) in [6, 6.07) is 12.1. The minimum atomic E-state index is 0.0981. The number of fused-ring (bicyclic) bond motifs is 1. The van der Waals surface area contributed by atoms with Crippen molar-refractivity contribution in [1.82, 2.24) is 19.7 Å². The molecule has 1 aromatic carbocycles. The number of thioether (sulfide) groups is 1. The van der Waals surface area contributed by atoms with Gasteiger partial charge in [0.05, 0.1) is 5.75 Å². The largest absolute Gasteiger partial charge is 0.308 e. The molecule has 0 aliphatic carbocycles. The number of benzene rings is 1. The van der Waals surface area contributed by atoms with Gasteiger partial charge in [0.1, 0.15) is 0 Å². The van der Waals surface area contributed by atoms with Gasteiger partial charge in [-0.3, -0.25) is 9.78 Å². The summed E-state index contributed by atoms with van der Waals surface area (Å²) in [6.45, 7) is 2.09. The van der Waals surface area contributed by atoms with E-state index in [1.807, 2.05) is 46.8 Å². The first-order chi connectivity index (χ1) is 12.6. The van der Waals surface area contributed by atoms with Crippen LogP contribution in [-0.4, -0.2) is 37.5 Å². The van der Waals surface area contributed by atoms with Gasteiger partial charge in [-0.2, -0.15) is 0 Å². The Morgan fingerprint density at radius 1 is 1.19 bits per heavy atom. The molecule has 0 unspecified atom stereocenters. The van der Waals surface area contributed by atoms with Crippen molar-refractivity contribution in [3.8, 4) is 11.4 Å². The lowest BCUT2D eigenvalue weighted by Crippen LogP contribution is -2.37. The molecule has 6 nitrogen and oxygen atoms in total. The molecule has 1 atom stereocenters. The molecule has 0 radical (unpaired) electrons. The van der Waals surface area contributed by atoms with E-state index in [9.17, 15) is 4.79 Å². The van der Waals surface area contributed by atoms with Crippen molar-refractivity contribution >= 4 is 23.4 Å². The Morgan fingerprint density at radius 2 is 1.96 bits per heavy atom. The molecule has 3 aromatic rings. The Labute approximate surface area is 156 Å². The van der Waals surface area contributed by atoms with Gasteiger partial charge < -0.3 is 9.47 Å². The van der Waals surface area contributed by atoms with E-state index in [1.165, 1.54) is 17.3 Å². The van der Waals surface area contributed by atoms with Gasteiger partial charge in [-0.05, 0) is 37.1 Å². The fourth-order valence-corrected chi connectivity index (χ4v) is 4.10. The number of nitrogens with zero attached hydrogens (tertiary/aromatic N) is 5. The number of para-hydroxylation sites is 1. The maximum absolute atomic E-state index is 12.8. The van der Waals surface area contributed by atoms with Gasteiger partial charge in [0, 0.05) is 36.7 Å². The van der Waals surface area contributed by atoms with Crippen LogP contribution in [0.2, 0.25) is 0 Å². The SMILES string of the molecule is C[C@@H]1Cc2ccccc2N1C(=O)CSc1nnc(-c2ccncc2)n1C. The molecule has 3 heterocycles. The molecule has 132 valence electrons. The lowest BCUT2D eigenvalue weighted by atomic mass is 10.1. The third-order valence-electron chi connectivity index (χ3n) is 4.57. The maximum atomic E-state index is 12.8. The Hall–Kier alpha value is -2.67. The average Bonchev–Trinajstić information content (AvgIpc) is 3.19. The van der Waals surface area contributed by atoms with E-state index in [0.717, 1.165) is 28.7 Å². The number of anilines is 1. The van der Waals surface area contributed by atoms with Crippen LogP contribution in [0.5, 0.6) is 0 Å². The van der Waals surface area contributed by atoms with Crippen molar-refractivity contribution in [3.63, 3.8) is 0 Å². The first-order valence-electron chi connectivity index (χ1n) is 8.47. The van der Waals surface area contributed by atoms with Gasteiger partial charge in [0.2, 0.25) is 5.91 Å². The van der Waals surface area contributed by atoms with Crippen LogP contribution in [0.3, 0.4) is 0 Å². The van der Waals surface area contributed by atoms with E-state index in [2.05, 4.69) is 28.2 Å². The molecule has 1 amide bonds. The van der Waals surface area contributed by atoms with Gasteiger partial charge in [-0.25, -0.2) is 0 Å². The summed E-state index contributed by atoms with van der Waals surface area (Å²) in [5.41, 5.74) is 3.22. The topological polar surface area (TPSA) is 63.9 Å². The van der Waals surface area contributed by atoms with E-state index >= 15 is 0 Å². The van der Waals surface area contributed by atoms with Gasteiger partial charge >= 0.3 is 0 Å². The van der Waals surface area contributed by atoms with Crippen LogP contribution in [0, 0.1) is 0 Å². The second kappa shape index (κ2) is 6.92. The van der Waals surface area contributed by atoms with E-state index in [0.29, 0.717) is 5.75 Å². The second-order valence-electron chi connectivity index (χ2n) is 6.34. The number of carbonyl (C=O) groups excluding carboxylic acids is 1. The quantitative estimate of drug-likeness (QED) is 0.665. The highest BCUT2D eigenvalue weighted by molar-refractivity contribution is 7.99. The van der Waals surface area contributed by atoms with Crippen molar-refractivity contribution in [2.24, 2.45) is 7.05 Å². The number of carbonyl (C=O) groups is 1. The van der Waals surface area contributed by atoms with Crippen LogP contribution in [-0.2, 0) is 18.3 Å². The number of aromatic nitrogens is 4. The lowest BCUT2D eigenvalue weighted by Gasteiger charge is -2.22. The first-order valence-corrected chi connectivity index (χ1v) is 9.46. The molecule has 26 heavy (non-hydrogen) atoms. The van der Waals surface area contributed by atoms with Crippen molar-refractivity contribution < 1.29 is 4.79 Å². The van der Waals surface area contributed by atoms with Crippen LogP contribution in [0.1, 0.15) is 12.5 Å². The molecule has 0 bridgehead atoms. The van der Waals surface area contributed by atoms with Crippen molar-refractivity contribution in [2.75, 3.05) is 10.7 Å². The molecule has 2 aromatic heterocycles. The summed E-state index contributed by atoms with van der Waals surface area (Å²) in [5, 5.41) is 9.22. The van der Waals surface area contributed by atoms with Crippen LogP contribution >= 0.6 is 11.8 Å². The van der Waals surface area contributed by atoms with Crippen LogP contribution in [0.15, 0.2) is 53.9 Å². The second-order valence-corrected chi connectivity index (χ2v) is 7.28. The van der Waals surface area contributed by atoms with E-state index < -0.39 is 0 Å². The zero-order valence-electron chi connectivity index (χ0n) is 14.7. The van der Waals surface area contributed by atoms with Gasteiger partial charge in [-0.1, -0.05) is 30.0 Å².